The minimum Gasteiger partial charge on any atom is -0.310 e. The number of fused-ring (bicyclic) bond motifs is 1. The molecular weight excluding hydrogens is 298 g/mol. The molecule has 0 unspecified atom stereocenters. The molecule has 2 aromatic heterocycles. The van der Waals surface area contributed by atoms with Gasteiger partial charge in [0.05, 0.1) is 5.69 Å². The number of thioether (sulfide) groups is 1. The van der Waals surface area contributed by atoms with Crippen molar-refractivity contribution in [2.45, 2.75) is 37.1 Å². The van der Waals surface area contributed by atoms with Crippen LogP contribution < -0.4 is 5.32 Å². The van der Waals surface area contributed by atoms with E-state index in [9.17, 15) is 0 Å². The average Bonchev–Trinajstić information content (AvgIpc) is 3.04. The van der Waals surface area contributed by atoms with Gasteiger partial charge in [0.15, 0.2) is 4.96 Å². The lowest BCUT2D eigenvalue weighted by molar-refractivity contribution is 0.588. The van der Waals surface area contributed by atoms with Gasteiger partial charge in [-0.05, 0) is 17.7 Å². The molecule has 0 fully saturated rings. The molecule has 3 rings (SSSR count). The van der Waals surface area contributed by atoms with Crippen LogP contribution >= 0.6 is 23.1 Å². The number of aromatic nitrogens is 2. The van der Waals surface area contributed by atoms with Crippen molar-refractivity contribution in [3.8, 4) is 0 Å². The number of benzene rings is 1. The fourth-order valence-corrected chi connectivity index (χ4v) is 3.65. The molecule has 2 heterocycles. The summed E-state index contributed by atoms with van der Waals surface area (Å²) in [5.74, 6) is 0.912. The van der Waals surface area contributed by atoms with E-state index < -0.39 is 0 Å². The number of hydrogen-bond acceptors (Lipinski definition) is 4. The highest BCUT2D eigenvalue weighted by Crippen LogP contribution is 2.24. The van der Waals surface area contributed by atoms with E-state index in [1.165, 1.54) is 10.5 Å². The molecule has 5 heteroatoms. The topological polar surface area (TPSA) is 29.3 Å². The Morgan fingerprint density at radius 1 is 1.38 bits per heavy atom. The molecule has 0 saturated heterocycles. The third kappa shape index (κ3) is 3.87. The summed E-state index contributed by atoms with van der Waals surface area (Å²) in [6.07, 6.45) is 4.17. The summed E-state index contributed by atoms with van der Waals surface area (Å²) in [5, 5.41) is 5.51. The van der Waals surface area contributed by atoms with E-state index in [2.05, 4.69) is 70.6 Å². The van der Waals surface area contributed by atoms with Crippen LogP contribution in [0.25, 0.3) is 4.96 Å². The van der Waals surface area contributed by atoms with Crippen molar-refractivity contribution in [3.63, 3.8) is 0 Å². The van der Waals surface area contributed by atoms with E-state index in [-0.39, 0.29) is 0 Å². The van der Waals surface area contributed by atoms with Crippen molar-refractivity contribution in [2.24, 2.45) is 0 Å². The van der Waals surface area contributed by atoms with Crippen molar-refractivity contribution >= 4 is 28.1 Å². The lowest BCUT2D eigenvalue weighted by Crippen LogP contribution is -2.21. The number of imidazole rings is 1. The molecule has 3 nitrogen and oxygen atoms in total. The average molecular weight is 317 g/mol. The Balaban J connectivity index is 1.61. The van der Waals surface area contributed by atoms with Gasteiger partial charge in [-0.1, -0.05) is 26.0 Å². The van der Waals surface area contributed by atoms with Gasteiger partial charge in [0, 0.05) is 41.0 Å². The van der Waals surface area contributed by atoms with Gasteiger partial charge in [-0.2, -0.15) is 0 Å². The van der Waals surface area contributed by atoms with Crippen molar-refractivity contribution in [2.75, 3.05) is 0 Å². The molecule has 0 amide bonds. The van der Waals surface area contributed by atoms with Crippen LogP contribution in [0.4, 0.5) is 0 Å². The summed E-state index contributed by atoms with van der Waals surface area (Å²) < 4.78 is 2.09. The van der Waals surface area contributed by atoms with Gasteiger partial charge >= 0.3 is 0 Å². The number of rotatable bonds is 6. The van der Waals surface area contributed by atoms with Gasteiger partial charge in [-0.25, -0.2) is 4.98 Å². The maximum atomic E-state index is 4.62. The third-order valence-corrected chi connectivity index (χ3v) is 4.94. The molecule has 0 atom stereocenters. The first-order valence-corrected chi connectivity index (χ1v) is 8.93. The Bertz CT molecular complexity index is 686. The van der Waals surface area contributed by atoms with Crippen LogP contribution in [0.3, 0.4) is 0 Å². The standard InChI is InChI=1S/C16H19N3S2/c1-12(2)17-9-13-4-3-5-15(8-13)21-11-14-10-19-6-7-20-16(19)18-14/h3-8,10,12,17H,9,11H2,1-2H3. The number of hydrogen-bond donors (Lipinski definition) is 1. The summed E-state index contributed by atoms with van der Waals surface area (Å²) in [7, 11) is 0. The van der Waals surface area contributed by atoms with E-state index in [4.69, 9.17) is 0 Å². The van der Waals surface area contributed by atoms with Gasteiger partial charge < -0.3 is 5.32 Å². The Labute approximate surface area is 133 Å². The summed E-state index contributed by atoms with van der Waals surface area (Å²) in [6, 6.07) is 9.25. The number of thiazole rings is 1. The molecule has 0 bridgehead atoms. The molecule has 21 heavy (non-hydrogen) atoms. The van der Waals surface area contributed by atoms with E-state index in [0.717, 1.165) is 23.0 Å². The quantitative estimate of drug-likeness (QED) is 0.691. The van der Waals surface area contributed by atoms with Crippen LogP contribution in [0.1, 0.15) is 25.1 Å². The van der Waals surface area contributed by atoms with Gasteiger partial charge in [-0.15, -0.1) is 23.1 Å². The fourth-order valence-electron chi connectivity index (χ4n) is 2.07. The normalized spacial score (nSPS) is 11.6. The highest BCUT2D eigenvalue weighted by molar-refractivity contribution is 7.98. The smallest absolute Gasteiger partial charge is 0.193 e. The predicted molar refractivity (Wildman–Crippen MR) is 91.0 cm³/mol. The highest BCUT2D eigenvalue weighted by Gasteiger charge is 2.04. The van der Waals surface area contributed by atoms with Gasteiger partial charge in [-0.3, -0.25) is 4.40 Å². The zero-order chi connectivity index (χ0) is 14.7. The second-order valence-corrected chi connectivity index (χ2v) is 7.22. The van der Waals surface area contributed by atoms with Crippen LogP contribution in [0, 0.1) is 0 Å². The maximum Gasteiger partial charge on any atom is 0.193 e. The summed E-state index contributed by atoms with van der Waals surface area (Å²) in [4.78, 5) is 6.99. The maximum absolute atomic E-state index is 4.62. The first kappa shape index (κ1) is 14.6. The number of nitrogens with one attached hydrogen (secondary N) is 1. The van der Waals surface area contributed by atoms with Crippen LogP contribution in [0.5, 0.6) is 0 Å². The molecule has 0 aliphatic carbocycles. The SMILES string of the molecule is CC(C)NCc1cccc(SCc2cn3ccsc3n2)c1. The van der Waals surface area contributed by atoms with E-state index in [0.29, 0.717) is 6.04 Å². The van der Waals surface area contributed by atoms with E-state index in [1.807, 2.05) is 11.8 Å². The molecule has 0 radical (unpaired) electrons. The Kier molecular flexibility index (Phi) is 4.63. The Hall–Kier alpha value is -1.30. The molecule has 3 aromatic rings. The molecule has 1 N–H and O–H groups in total. The summed E-state index contributed by atoms with van der Waals surface area (Å²) >= 11 is 3.52. The van der Waals surface area contributed by atoms with Crippen LogP contribution in [0.2, 0.25) is 0 Å². The molecule has 1 aromatic carbocycles. The second kappa shape index (κ2) is 6.64. The van der Waals surface area contributed by atoms with E-state index in [1.54, 1.807) is 11.3 Å². The van der Waals surface area contributed by atoms with Crippen molar-refractivity contribution in [1.29, 1.82) is 0 Å². The monoisotopic (exact) mass is 317 g/mol. The van der Waals surface area contributed by atoms with Gasteiger partial charge in [0.25, 0.3) is 0 Å². The molecule has 0 aliphatic rings. The zero-order valence-electron chi connectivity index (χ0n) is 12.2. The molecular formula is C16H19N3S2. The van der Waals surface area contributed by atoms with Crippen molar-refractivity contribution in [3.05, 3.63) is 53.3 Å². The summed E-state index contributed by atoms with van der Waals surface area (Å²) in [6.45, 7) is 5.26. The first-order chi connectivity index (χ1) is 10.2. The van der Waals surface area contributed by atoms with Crippen molar-refractivity contribution in [1.82, 2.24) is 14.7 Å². The van der Waals surface area contributed by atoms with Gasteiger partial charge in [0.2, 0.25) is 0 Å². The highest BCUT2D eigenvalue weighted by atomic mass is 32.2. The minimum atomic E-state index is 0.514. The Morgan fingerprint density at radius 2 is 2.29 bits per heavy atom. The van der Waals surface area contributed by atoms with Crippen LogP contribution in [0.15, 0.2) is 46.9 Å². The third-order valence-electron chi connectivity index (χ3n) is 3.14. The lowest BCUT2D eigenvalue weighted by atomic mass is 10.2. The predicted octanol–water partition coefficient (Wildman–Crippen LogP) is 4.19. The minimum absolute atomic E-state index is 0.514. The molecule has 0 saturated carbocycles. The molecule has 0 aliphatic heterocycles. The van der Waals surface area contributed by atoms with E-state index >= 15 is 0 Å². The van der Waals surface area contributed by atoms with Crippen LogP contribution in [-0.2, 0) is 12.3 Å². The second-order valence-electron chi connectivity index (χ2n) is 5.30. The molecule has 0 spiro atoms. The van der Waals surface area contributed by atoms with Gasteiger partial charge in [0.1, 0.15) is 0 Å². The summed E-state index contributed by atoms with van der Waals surface area (Å²) in [5.41, 5.74) is 2.47. The van der Waals surface area contributed by atoms with Crippen molar-refractivity contribution < 1.29 is 0 Å². The number of nitrogens with zero attached hydrogens (tertiary/aromatic N) is 2. The Morgan fingerprint density at radius 3 is 3.10 bits per heavy atom. The molecule has 110 valence electrons. The first-order valence-electron chi connectivity index (χ1n) is 7.07. The lowest BCUT2D eigenvalue weighted by Gasteiger charge is -2.09. The fraction of sp³-hybridized carbons (Fsp3) is 0.312. The van der Waals surface area contributed by atoms with Crippen LogP contribution in [-0.4, -0.2) is 15.4 Å². The zero-order valence-corrected chi connectivity index (χ0v) is 13.9. The largest absolute Gasteiger partial charge is 0.310 e.